The standard InChI is InChI=1S/C16H30N2/c1-12-3-6-16(9-13(12)2)18-8-7-14(11-18)10-17-15-4-5-15/h12-17H,3-11H2,1-2H3. The minimum Gasteiger partial charge on any atom is -0.314 e. The van der Waals surface area contributed by atoms with Crippen molar-refractivity contribution in [1.29, 1.82) is 0 Å². The lowest BCUT2D eigenvalue weighted by molar-refractivity contribution is 0.127. The molecule has 3 aliphatic rings. The summed E-state index contributed by atoms with van der Waals surface area (Å²) in [6.45, 7) is 8.90. The molecule has 0 spiro atoms. The van der Waals surface area contributed by atoms with Crippen molar-refractivity contribution in [2.24, 2.45) is 17.8 Å². The van der Waals surface area contributed by atoms with Crippen molar-refractivity contribution < 1.29 is 0 Å². The average Bonchev–Trinajstić information content (AvgIpc) is 3.08. The number of hydrogen-bond acceptors (Lipinski definition) is 2. The van der Waals surface area contributed by atoms with Crippen LogP contribution in [0.3, 0.4) is 0 Å². The molecular formula is C16H30N2. The van der Waals surface area contributed by atoms with Crippen LogP contribution in [0.15, 0.2) is 0 Å². The fourth-order valence-electron chi connectivity index (χ4n) is 3.83. The Morgan fingerprint density at radius 1 is 1.00 bits per heavy atom. The van der Waals surface area contributed by atoms with Gasteiger partial charge in [-0.3, -0.25) is 0 Å². The predicted octanol–water partition coefficient (Wildman–Crippen LogP) is 2.89. The number of nitrogens with zero attached hydrogens (tertiary/aromatic N) is 1. The molecule has 1 aliphatic heterocycles. The Kier molecular flexibility index (Phi) is 3.95. The smallest absolute Gasteiger partial charge is 0.00981 e. The summed E-state index contributed by atoms with van der Waals surface area (Å²) in [6, 6.07) is 1.79. The summed E-state index contributed by atoms with van der Waals surface area (Å²) in [7, 11) is 0. The van der Waals surface area contributed by atoms with Crippen molar-refractivity contribution in [3.63, 3.8) is 0 Å². The van der Waals surface area contributed by atoms with E-state index in [-0.39, 0.29) is 0 Å². The Morgan fingerprint density at radius 2 is 1.83 bits per heavy atom. The van der Waals surface area contributed by atoms with E-state index < -0.39 is 0 Å². The van der Waals surface area contributed by atoms with Crippen molar-refractivity contribution in [1.82, 2.24) is 10.2 Å². The minimum atomic E-state index is 0.884. The number of hydrogen-bond donors (Lipinski definition) is 1. The molecular weight excluding hydrogens is 220 g/mol. The van der Waals surface area contributed by atoms with E-state index in [0.717, 1.165) is 29.8 Å². The third-order valence-corrected chi connectivity index (χ3v) is 5.68. The molecule has 2 saturated carbocycles. The van der Waals surface area contributed by atoms with Crippen LogP contribution in [0.4, 0.5) is 0 Å². The first-order chi connectivity index (χ1) is 8.72. The zero-order chi connectivity index (χ0) is 12.5. The van der Waals surface area contributed by atoms with E-state index in [2.05, 4.69) is 24.1 Å². The van der Waals surface area contributed by atoms with Crippen molar-refractivity contribution in [2.75, 3.05) is 19.6 Å². The second kappa shape index (κ2) is 5.50. The first-order valence-corrected chi connectivity index (χ1v) is 8.20. The van der Waals surface area contributed by atoms with Crippen molar-refractivity contribution in [3.05, 3.63) is 0 Å². The van der Waals surface area contributed by atoms with E-state index in [4.69, 9.17) is 0 Å². The van der Waals surface area contributed by atoms with Crippen LogP contribution in [0.2, 0.25) is 0 Å². The van der Waals surface area contributed by atoms with Gasteiger partial charge in [0.2, 0.25) is 0 Å². The zero-order valence-corrected chi connectivity index (χ0v) is 12.2. The molecule has 3 fully saturated rings. The molecule has 0 aromatic carbocycles. The van der Waals surface area contributed by atoms with Gasteiger partial charge < -0.3 is 10.2 Å². The lowest BCUT2D eigenvalue weighted by Gasteiger charge is -2.37. The lowest BCUT2D eigenvalue weighted by atomic mass is 9.78. The van der Waals surface area contributed by atoms with Crippen molar-refractivity contribution in [2.45, 2.75) is 64.5 Å². The summed E-state index contributed by atoms with van der Waals surface area (Å²) < 4.78 is 0. The molecule has 0 aromatic heterocycles. The van der Waals surface area contributed by atoms with Crippen LogP contribution < -0.4 is 5.32 Å². The zero-order valence-electron chi connectivity index (χ0n) is 12.2. The molecule has 104 valence electrons. The quantitative estimate of drug-likeness (QED) is 0.825. The van der Waals surface area contributed by atoms with Crippen LogP contribution in [0.5, 0.6) is 0 Å². The Morgan fingerprint density at radius 3 is 2.56 bits per heavy atom. The van der Waals surface area contributed by atoms with Crippen LogP contribution in [-0.2, 0) is 0 Å². The van der Waals surface area contributed by atoms with Crippen molar-refractivity contribution >= 4 is 0 Å². The molecule has 0 amide bonds. The van der Waals surface area contributed by atoms with Gasteiger partial charge in [0.25, 0.3) is 0 Å². The minimum absolute atomic E-state index is 0.884. The normalized spacial score (nSPS) is 42.3. The Balaban J connectivity index is 1.43. The van der Waals surface area contributed by atoms with Gasteiger partial charge in [-0.1, -0.05) is 13.8 Å². The maximum Gasteiger partial charge on any atom is 0.00981 e. The molecule has 2 nitrogen and oxygen atoms in total. The monoisotopic (exact) mass is 250 g/mol. The third kappa shape index (κ3) is 3.08. The fourth-order valence-corrected chi connectivity index (χ4v) is 3.83. The van der Waals surface area contributed by atoms with Crippen LogP contribution >= 0.6 is 0 Å². The van der Waals surface area contributed by atoms with Gasteiger partial charge in [0, 0.05) is 18.6 Å². The average molecular weight is 250 g/mol. The van der Waals surface area contributed by atoms with Crippen LogP contribution in [0, 0.1) is 17.8 Å². The highest BCUT2D eigenvalue weighted by Gasteiger charge is 2.33. The van der Waals surface area contributed by atoms with E-state index in [1.165, 1.54) is 58.2 Å². The Labute approximate surface area is 113 Å². The molecule has 4 atom stereocenters. The second-order valence-electron chi connectivity index (χ2n) is 7.25. The maximum atomic E-state index is 3.71. The summed E-state index contributed by atoms with van der Waals surface area (Å²) in [5.41, 5.74) is 0. The SMILES string of the molecule is CC1CCC(N2CCC(CNC3CC3)C2)CC1C. The predicted molar refractivity (Wildman–Crippen MR) is 76.7 cm³/mol. The van der Waals surface area contributed by atoms with Crippen LogP contribution in [0.1, 0.15) is 52.4 Å². The van der Waals surface area contributed by atoms with E-state index >= 15 is 0 Å². The lowest BCUT2D eigenvalue weighted by Crippen LogP contribution is -2.39. The maximum absolute atomic E-state index is 3.71. The van der Waals surface area contributed by atoms with Crippen LogP contribution in [-0.4, -0.2) is 36.6 Å². The summed E-state index contributed by atoms with van der Waals surface area (Å²) in [6.07, 6.45) is 8.63. The van der Waals surface area contributed by atoms with Gasteiger partial charge in [-0.25, -0.2) is 0 Å². The van der Waals surface area contributed by atoms with Crippen molar-refractivity contribution in [3.8, 4) is 0 Å². The van der Waals surface area contributed by atoms with Gasteiger partial charge in [-0.05, 0) is 69.4 Å². The topological polar surface area (TPSA) is 15.3 Å². The summed E-state index contributed by atoms with van der Waals surface area (Å²) in [4.78, 5) is 2.81. The van der Waals surface area contributed by atoms with Gasteiger partial charge in [-0.2, -0.15) is 0 Å². The number of rotatable bonds is 4. The molecule has 18 heavy (non-hydrogen) atoms. The first kappa shape index (κ1) is 12.9. The highest BCUT2D eigenvalue weighted by atomic mass is 15.2. The molecule has 3 rings (SSSR count). The van der Waals surface area contributed by atoms with Gasteiger partial charge in [0.05, 0.1) is 0 Å². The van der Waals surface area contributed by atoms with E-state index in [0.29, 0.717) is 0 Å². The molecule has 2 heteroatoms. The molecule has 4 unspecified atom stereocenters. The summed E-state index contributed by atoms with van der Waals surface area (Å²) >= 11 is 0. The molecule has 1 saturated heterocycles. The third-order valence-electron chi connectivity index (χ3n) is 5.68. The largest absolute Gasteiger partial charge is 0.314 e. The molecule has 0 radical (unpaired) electrons. The highest BCUT2D eigenvalue weighted by Crippen LogP contribution is 2.34. The molecule has 0 aromatic rings. The van der Waals surface area contributed by atoms with Gasteiger partial charge >= 0.3 is 0 Å². The van der Waals surface area contributed by atoms with E-state index in [1.807, 2.05) is 0 Å². The summed E-state index contributed by atoms with van der Waals surface area (Å²) in [5.74, 6) is 2.82. The second-order valence-corrected chi connectivity index (χ2v) is 7.25. The summed E-state index contributed by atoms with van der Waals surface area (Å²) in [5, 5.41) is 3.71. The van der Waals surface area contributed by atoms with E-state index in [9.17, 15) is 0 Å². The molecule has 1 heterocycles. The highest BCUT2D eigenvalue weighted by molar-refractivity contribution is 4.89. The Bertz CT molecular complexity index is 274. The Hall–Kier alpha value is -0.0800. The first-order valence-electron chi connectivity index (χ1n) is 8.20. The van der Waals surface area contributed by atoms with Gasteiger partial charge in [0.1, 0.15) is 0 Å². The molecule has 0 bridgehead atoms. The van der Waals surface area contributed by atoms with Gasteiger partial charge in [-0.15, -0.1) is 0 Å². The number of likely N-dealkylation sites (tertiary alicyclic amines) is 1. The van der Waals surface area contributed by atoms with Crippen LogP contribution in [0.25, 0.3) is 0 Å². The fraction of sp³-hybridized carbons (Fsp3) is 1.00. The molecule has 2 aliphatic carbocycles. The number of nitrogens with one attached hydrogen (secondary N) is 1. The van der Waals surface area contributed by atoms with Gasteiger partial charge in [0.15, 0.2) is 0 Å². The molecule has 1 N–H and O–H groups in total. The van der Waals surface area contributed by atoms with E-state index in [1.54, 1.807) is 0 Å².